The maximum Gasteiger partial charge on any atom is 0.126 e. The van der Waals surface area contributed by atoms with E-state index < -0.39 is 0 Å². The summed E-state index contributed by atoms with van der Waals surface area (Å²) in [5, 5.41) is 0. The number of aryl methyl sites for hydroxylation is 1. The highest BCUT2D eigenvalue weighted by atomic mass is 16.3. The fourth-order valence-electron chi connectivity index (χ4n) is 2.38. The summed E-state index contributed by atoms with van der Waals surface area (Å²) < 4.78 is 5.35. The van der Waals surface area contributed by atoms with Crippen molar-refractivity contribution in [3.63, 3.8) is 0 Å². The van der Waals surface area contributed by atoms with Crippen molar-refractivity contribution in [2.75, 3.05) is 13.6 Å². The molecule has 0 aromatic carbocycles. The molecule has 1 atom stereocenters. The second-order valence-electron chi connectivity index (χ2n) is 5.80. The second-order valence-corrected chi connectivity index (χ2v) is 5.80. The number of hydrogen-bond acceptors (Lipinski definition) is 3. The highest BCUT2D eigenvalue weighted by Crippen LogP contribution is 2.11. The van der Waals surface area contributed by atoms with Crippen LogP contribution in [0.4, 0.5) is 0 Å². The summed E-state index contributed by atoms with van der Waals surface area (Å²) in [6.45, 7) is 7.41. The minimum Gasteiger partial charge on any atom is -0.465 e. The van der Waals surface area contributed by atoms with Crippen LogP contribution in [-0.4, -0.2) is 29.5 Å². The number of likely N-dealkylation sites (N-methyl/N-ethyl adjacent to an activating group) is 1. The molecular formula is C18H24N2O. The summed E-state index contributed by atoms with van der Waals surface area (Å²) in [4.78, 5) is 6.79. The second kappa shape index (κ2) is 7.23. The molecule has 0 aliphatic rings. The number of pyridine rings is 1. The van der Waals surface area contributed by atoms with Gasteiger partial charge in [0.25, 0.3) is 0 Å². The molecule has 21 heavy (non-hydrogen) atoms. The van der Waals surface area contributed by atoms with Gasteiger partial charge in [0.2, 0.25) is 0 Å². The van der Waals surface area contributed by atoms with Crippen LogP contribution in [0.3, 0.4) is 0 Å². The predicted molar refractivity (Wildman–Crippen MR) is 87.1 cm³/mol. The van der Waals surface area contributed by atoms with Crippen molar-refractivity contribution in [3.05, 3.63) is 59.3 Å². The molecule has 3 heteroatoms. The van der Waals surface area contributed by atoms with Gasteiger partial charge in [-0.05, 0) is 63.7 Å². The molecule has 2 aromatic heterocycles. The van der Waals surface area contributed by atoms with Crippen molar-refractivity contribution in [1.29, 1.82) is 0 Å². The van der Waals surface area contributed by atoms with Gasteiger partial charge in [0.1, 0.15) is 5.76 Å². The van der Waals surface area contributed by atoms with Crippen LogP contribution in [0, 0.1) is 6.92 Å². The van der Waals surface area contributed by atoms with Crippen molar-refractivity contribution in [2.24, 2.45) is 0 Å². The topological polar surface area (TPSA) is 29.3 Å². The van der Waals surface area contributed by atoms with E-state index in [2.05, 4.69) is 49.8 Å². The van der Waals surface area contributed by atoms with Crippen LogP contribution in [0.5, 0.6) is 0 Å². The first-order valence-electron chi connectivity index (χ1n) is 7.37. The summed E-state index contributed by atoms with van der Waals surface area (Å²) in [7, 11) is 2.15. The van der Waals surface area contributed by atoms with Gasteiger partial charge in [0, 0.05) is 30.9 Å². The Morgan fingerprint density at radius 3 is 2.90 bits per heavy atom. The first-order chi connectivity index (χ1) is 10.0. The average molecular weight is 284 g/mol. The van der Waals surface area contributed by atoms with Crippen molar-refractivity contribution in [2.45, 2.75) is 33.2 Å². The minimum absolute atomic E-state index is 0.444. The number of rotatable bonds is 6. The zero-order chi connectivity index (χ0) is 15.2. The highest BCUT2D eigenvalue weighted by molar-refractivity contribution is 5.46. The molecule has 2 rings (SSSR count). The molecule has 0 fully saturated rings. The van der Waals surface area contributed by atoms with Crippen LogP contribution < -0.4 is 0 Å². The zero-order valence-electron chi connectivity index (χ0n) is 13.3. The van der Waals surface area contributed by atoms with Crippen molar-refractivity contribution in [3.8, 4) is 0 Å². The Labute approximate surface area is 127 Å². The van der Waals surface area contributed by atoms with Gasteiger partial charge in [0.05, 0.1) is 6.26 Å². The van der Waals surface area contributed by atoms with E-state index >= 15 is 0 Å². The van der Waals surface area contributed by atoms with E-state index in [1.165, 1.54) is 11.1 Å². The largest absolute Gasteiger partial charge is 0.465 e. The summed E-state index contributed by atoms with van der Waals surface area (Å²) in [6.07, 6.45) is 6.65. The van der Waals surface area contributed by atoms with Crippen LogP contribution in [0.1, 0.15) is 30.9 Å². The molecular weight excluding hydrogens is 260 g/mol. The number of hydrogen-bond donors (Lipinski definition) is 0. The van der Waals surface area contributed by atoms with E-state index in [4.69, 9.17) is 4.42 Å². The Morgan fingerprint density at radius 2 is 2.24 bits per heavy atom. The van der Waals surface area contributed by atoms with Gasteiger partial charge in [-0.15, -0.1) is 0 Å². The maximum atomic E-state index is 5.35. The Kier molecular flexibility index (Phi) is 5.34. The lowest BCUT2D eigenvalue weighted by molar-refractivity contribution is 0.276. The van der Waals surface area contributed by atoms with Crippen LogP contribution >= 0.6 is 0 Å². The summed E-state index contributed by atoms with van der Waals surface area (Å²) in [5.41, 5.74) is 3.71. The molecule has 0 saturated carbocycles. The molecule has 0 saturated heterocycles. The van der Waals surface area contributed by atoms with Gasteiger partial charge in [-0.2, -0.15) is 0 Å². The Morgan fingerprint density at radius 1 is 1.43 bits per heavy atom. The Balaban J connectivity index is 1.91. The molecule has 0 unspecified atom stereocenters. The van der Waals surface area contributed by atoms with Gasteiger partial charge in [-0.1, -0.05) is 5.57 Å². The van der Waals surface area contributed by atoms with E-state index in [-0.39, 0.29) is 0 Å². The van der Waals surface area contributed by atoms with Crippen LogP contribution in [0.25, 0.3) is 6.08 Å². The molecule has 0 aliphatic carbocycles. The zero-order valence-corrected chi connectivity index (χ0v) is 13.3. The smallest absolute Gasteiger partial charge is 0.126 e. The summed E-state index contributed by atoms with van der Waals surface area (Å²) in [5.74, 6) is 0.911. The van der Waals surface area contributed by atoms with Gasteiger partial charge in [-0.3, -0.25) is 9.88 Å². The lowest BCUT2D eigenvalue weighted by Crippen LogP contribution is -2.32. The molecule has 0 bridgehead atoms. The van der Waals surface area contributed by atoms with Crippen LogP contribution in [0.15, 0.2) is 46.7 Å². The third-order valence-corrected chi connectivity index (χ3v) is 3.66. The Hall–Kier alpha value is -1.87. The van der Waals surface area contributed by atoms with Crippen LogP contribution in [0.2, 0.25) is 0 Å². The van der Waals surface area contributed by atoms with Crippen molar-refractivity contribution >= 4 is 6.08 Å². The molecule has 2 aromatic rings. The standard InChI is InChI=1S/C18H24N2O/c1-14-7-8-19-17(10-14)12-16(3)20(4)13-15(2)11-18-6-5-9-21-18/h5-11,16H,12-13H2,1-4H3/b15-11+/t16-/m1/s1. The third kappa shape index (κ3) is 4.87. The monoisotopic (exact) mass is 284 g/mol. The number of nitrogens with zero attached hydrogens (tertiary/aromatic N) is 2. The molecule has 0 radical (unpaired) electrons. The first-order valence-corrected chi connectivity index (χ1v) is 7.37. The predicted octanol–water partition coefficient (Wildman–Crippen LogP) is 3.95. The number of aromatic nitrogens is 1. The summed E-state index contributed by atoms with van der Waals surface area (Å²) >= 11 is 0. The fraction of sp³-hybridized carbons (Fsp3) is 0.389. The van der Waals surface area contributed by atoms with Crippen molar-refractivity contribution < 1.29 is 4.42 Å². The van der Waals surface area contributed by atoms with E-state index in [0.717, 1.165) is 24.4 Å². The quantitative estimate of drug-likeness (QED) is 0.804. The van der Waals surface area contributed by atoms with Crippen molar-refractivity contribution in [1.82, 2.24) is 9.88 Å². The molecule has 112 valence electrons. The van der Waals surface area contributed by atoms with E-state index in [0.29, 0.717) is 6.04 Å². The van der Waals surface area contributed by atoms with Gasteiger partial charge >= 0.3 is 0 Å². The normalized spacial score (nSPS) is 13.7. The minimum atomic E-state index is 0.444. The molecule has 0 N–H and O–H groups in total. The van der Waals surface area contributed by atoms with Gasteiger partial charge in [0.15, 0.2) is 0 Å². The fourth-order valence-corrected chi connectivity index (χ4v) is 2.38. The SMILES string of the molecule is C/C(=C\c1ccco1)CN(C)[C@H](C)Cc1cc(C)ccn1. The summed E-state index contributed by atoms with van der Waals surface area (Å²) in [6, 6.07) is 8.53. The Bertz CT molecular complexity index is 587. The molecule has 0 spiro atoms. The van der Waals surface area contributed by atoms with Gasteiger partial charge < -0.3 is 4.42 Å². The lowest BCUT2D eigenvalue weighted by Gasteiger charge is -2.24. The molecule has 0 aliphatic heterocycles. The van der Waals surface area contributed by atoms with Gasteiger partial charge in [-0.25, -0.2) is 0 Å². The maximum absolute atomic E-state index is 5.35. The molecule has 0 amide bonds. The highest BCUT2D eigenvalue weighted by Gasteiger charge is 2.11. The van der Waals surface area contributed by atoms with E-state index in [1.807, 2.05) is 24.4 Å². The van der Waals surface area contributed by atoms with E-state index in [1.54, 1.807) is 6.26 Å². The van der Waals surface area contributed by atoms with E-state index in [9.17, 15) is 0 Å². The number of furan rings is 1. The molecule has 2 heterocycles. The third-order valence-electron chi connectivity index (χ3n) is 3.66. The first kappa shape index (κ1) is 15.5. The molecule has 3 nitrogen and oxygen atoms in total. The lowest BCUT2D eigenvalue weighted by atomic mass is 10.1. The average Bonchev–Trinajstić information content (AvgIpc) is 2.91. The van der Waals surface area contributed by atoms with Crippen LogP contribution in [-0.2, 0) is 6.42 Å².